The van der Waals surface area contributed by atoms with Crippen LogP contribution in [0.15, 0.2) is 12.1 Å². The Morgan fingerprint density at radius 1 is 1.00 bits per heavy atom. The summed E-state index contributed by atoms with van der Waals surface area (Å²) in [6.07, 6.45) is 0. The molecular formula is C12H14BClF2O2. The predicted molar refractivity (Wildman–Crippen MR) is 67.1 cm³/mol. The lowest BCUT2D eigenvalue weighted by molar-refractivity contribution is 0.00578. The Morgan fingerprint density at radius 2 is 1.50 bits per heavy atom. The monoisotopic (exact) mass is 274 g/mol. The van der Waals surface area contributed by atoms with E-state index < -0.39 is 30.0 Å². The summed E-state index contributed by atoms with van der Waals surface area (Å²) in [5, 5.41) is -0.257. The molecule has 0 bridgehead atoms. The van der Waals surface area contributed by atoms with Crippen LogP contribution in [0.4, 0.5) is 8.78 Å². The molecule has 0 radical (unpaired) electrons. The van der Waals surface area contributed by atoms with Crippen LogP contribution in [0.2, 0.25) is 5.02 Å². The van der Waals surface area contributed by atoms with E-state index in [1.165, 1.54) is 0 Å². The van der Waals surface area contributed by atoms with Gasteiger partial charge in [-0.2, -0.15) is 0 Å². The average molecular weight is 275 g/mol. The predicted octanol–water partition coefficient (Wildman–Crippen LogP) is 2.92. The Morgan fingerprint density at radius 3 is 2.00 bits per heavy atom. The lowest BCUT2D eigenvalue weighted by Crippen LogP contribution is -2.41. The van der Waals surface area contributed by atoms with Gasteiger partial charge in [0.25, 0.3) is 0 Å². The van der Waals surface area contributed by atoms with Crippen molar-refractivity contribution in [2.45, 2.75) is 38.9 Å². The molecule has 1 heterocycles. The standard InChI is InChI=1S/C12H14BClF2O2/c1-11(2)12(3,4)18-13(17-11)7-5-10(16)8(14)6-9(7)15/h5-6H,1-4H3. The van der Waals surface area contributed by atoms with Crippen LogP contribution in [0.3, 0.4) is 0 Å². The molecule has 98 valence electrons. The van der Waals surface area contributed by atoms with Crippen molar-refractivity contribution in [3.63, 3.8) is 0 Å². The minimum Gasteiger partial charge on any atom is -0.399 e. The minimum atomic E-state index is -0.929. The van der Waals surface area contributed by atoms with Gasteiger partial charge < -0.3 is 9.31 Å². The van der Waals surface area contributed by atoms with Crippen LogP contribution in [0.25, 0.3) is 0 Å². The van der Waals surface area contributed by atoms with E-state index >= 15 is 0 Å². The number of benzene rings is 1. The van der Waals surface area contributed by atoms with E-state index in [2.05, 4.69) is 0 Å². The third-order valence-corrected chi connectivity index (χ3v) is 3.84. The van der Waals surface area contributed by atoms with Crippen LogP contribution in [-0.4, -0.2) is 18.3 Å². The Bertz CT molecular complexity index is 475. The third-order valence-electron chi connectivity index (χ3n) is 3.55. The van der Waals surface area contributed by atoms with Crippen molar-refractivity contribution in [2.24, 2.45) is 0 Å². The van der Waals surface area contributed by atoms with Crippen molar-refractivity contribution in [2.75, 3.05) is 0 Å². The molecule has 0 atom stereocenters. The van der Waals surface area contributed by atoms with Crippen molar-refractivity contribution in [1.82, 2.24) is 0 Å². The summed E-state index contributed by atoms with van der Waals surface area (Å²) in [4.78, 5) is 0. The van der Waals surface area contributed by atoms with E-state index in [4.69, 9.17) is 20.9 Å². The summed E-state index contributed by atoms with van der Waals surface area (Å²) in [6, 6.07) is 1.94. The molecule has 0 aromatic heterocycles. The second-order valence-corrected chi connectivity index (χ2v) is 5.78. The van der Waals surface area contributed by atoms with E-state index in [1.54, 1.807) is 0 Å². The summed E-state index contributed by atoms with van der Waals surface area (Å²) in [5.41, 5.74) is -1.17. The van der Waals surface area contributed by atoms with E-state index in [1.807, 2.05) is 27.7 Å². The maximum atomic E-state index is 13.8. The SMILES string of the molecule is CC1(C)OB(c2cc(F)c(Cl)cc2F)OC1(C)C. The maximum absolute atomic E-state index is 13.8. The summed E-state index contributed by atoms with van der Waals surface area (Å²) >= 11 is 5.51. The smallest absolute Gasteiger partial charge is 0.399 e. The molecule has 2 nitrogen and oxygen atoms in total. The normalized spacial score (nSPS) is 21.4. The summed E-state index contributed by atoms with van der Waals surface area (Å²) in [7, 11) is -0.929. The zero-order valence-electron chi connectivity index (χ0n) is 10.7. The molecule has 1 aliphatic heterocycles. The number of halogens is 3. The second-order valence-electron chi connectivity index (χ2n) is 5.38. The van der Waals surface area contributed by atoms with Crippen LogP contribution in [-0.2, 0) is 9.31 Å². The molecule has 1 aromatic carbocycles. The summed E-state index contributed by atoms with van der Waals surface area (Å²) in [6.45, 7) is 7.38. The molecule has 0 unspecified atom stereocenters. The van der Waals surface area contributed by atoms with Crippen molar-refractivity contribution in [3.8, 4) is 0 Å². The zero-order chi connectivity index (χ0) is 13.7. The van der Waals surface area contributed by atoms with E-state index in [-0.39, 0.29) is 10.5 Å². The lowest BCUT2D eigenvalue weighted by atomic mass is 9.78. The molecule has 2 rings (SSSR count). The Hall–Kier alpha value is -0.645. The highest BCUT2D eigenvalue weighted by molar-refractivity contribution is 6.62. The third kappa shape index (κ3) is 2.15. The molecule has 18 heavy (non-hydrogen) atoms. The molecule has 0 spiro atoms. The quantitative estimate of drug-likeness (QED) is 0.579. The highest BCUT2D eigenvalue weighted by Gasteiger charge is 2.52. The van der Waals surface area contributed by atoms with Gasteiger partial charge in [-0.3, -0.25) is 0 Å². The zero-order valence-corrected chi connectivity index (χ0v) is 11.4. The topological polar surface area (TPSA) is 18.5 Å². The van der Waals surface area contributed by atoms with Crippen molar-refractivity contribution in [3.05, 3.63) is 28.8 Å². The van der Waals surface area contributed by atoms with Gasteiger partial charge in [0.1, 0.15) is 11.6 Å². The van der Waals surface area contributed by atoms with Gasteiger partial charge in [-0.15, -0.1) is 0 Å². The molecule has 6 heteroatoms. The highest BCUT2D eigenvalue weighted by Crippen LogP contribution is 2.36. The van der Waals surface area contributed by atoms with Crippen molar-refractivity contribution in [1.29, 1.82) is 0 Å². The van der Waals surface area contributed by atoms with E-state index in [0.29, 0.717) is 0 Å². The van der Waals surface area contributed by atoms with Crippen LogP contribution < -0.4 is 5.46 Å². The molecular weight excluding hydrogens is 260 g/mol. The van der Waals surface area contributed by atoms with E-state index in [9.17, 15) is 8.78 Å². The van der Waals surface area contributed by atoms with Gasteiger partial charge in [0, 0.05) is 5.46 Å². The summed E-state index contributed by atoms with van der Waals surface area (Å²) in [5.74, 6) is -1.33. The number of hydrogen-bond donors (Lipinski definition) is 0. The first kappa shape index (κ1) is 13.8. The molecule has 1 saturated heterocycles. The average Bonchev–Trinajstić information content (AvgIpc) is 2.42. The molecule has 1 aromatic rings. The first-order chi connectivity index (χ1) is 8.14. The van der Waals surface area contributed by atoms with Crippen LogP contribution in [0.1, 0.15) is 27.7 Å². The van der Waals surface area contributed by atoms with Crippen LogP contribution >= 0.6 is 11.6 Å². The molecule has 0 N–H and O–H groups in total. The highest BCUT2D eigenvalue weighted by atomic mass is 35.5. The lowest BCUT2D eigenvalue weighted by Gasteiger charge is -2.32. The van der Waals surface area contributed by atoms with E-state index in [0.717, 1.165) is 12.1 Å². The Kier molecular flexibility index (Phi) is 3.20. The van der Waals surface area contributed by atoms with Crippen molar-refractivity contribution < 1.29 is 18.1 Å². The fourth-order valence-corrected chi connectivity index (χ4v) is 1.84. The van der Waals surface area contributed by atoms with Gasteiger partial charge in [0.2, 0.25) is 0 Å². The largest absolute Gasteiger partial charge is 0.497 e. The van der Waals surface area contributed by atoms with Gasteiger partial charge in [-0.05, 0) is 39.8 Å². The summed E-state index contributed by atoms with van der Waals surface area (Å²) < 4.78 is 38.5. The van der Waals surface area contributed by atoms with Gasteiger partial charge in [0.05, 0.1) is 16.2 Å². The van der Waals surface area contributed by atoms with Gasteiger partial charge in [-0.1, -0.05) is 11.6 Å². The minimum absolute atomic E-state index is 0.0237. The molecule has 1 fully saturated rings. The Balaban J connectivity index is 2.38. The van der Waals surface area contributed by atoms with Gasteiger partial charge in [0.15, 0.2) is 0 Å². The fraction of sp³-hybridized carbons (Fsp3) is 0.500. The van der Waals surface area contributed by atoms with Crippen LogP contribution in [0.5, 0.6) is 0 Å². The first-order valence-corrected chi connectivity index (χ1v) is 6.02. The van der Waals surface area contributed by atoms with Gasteiger partial charge >= 0.3 is 7.12 Å². The Labute approximate surface area is 110 Å². The molecule has 0 aliphatic carbocycles. The molecule has 1 aliphatic rings. The second kappa shape index (κ2) is 4.18. The van der Waals surface area contributed by atoms with Crippen LogP contribution in [0, 0.1) is 11.6 Å². The fourth-order valence-electron chi connectivity index (χ4n) is 1.69. The van der Waals surface area contributed by atoms with Crippen molar-refractivity contribution >= 4 is 24.2 Å². The molecule has 0 amide bonds. The number of rotatable bonds is 1. The number of hydrogen-bond acceptors (Lipinski definition) is 2. The molecule has 0 saturated carbocycles. The maximum Gasteiger partial charge on any atom is 0.497 e. The first-order valence-electron chi connectivity index (χ1n) is 5.64. The van der Waals surface area contributed by atoms with Gasteiger partial charge in [-0.25, -0.2) is 8.78 Å².